The van der Waals surface area contributed by atoms with Crippen LogP contribution < -0.4 is 10.1 Å². The lowest BCUT2D eigenvalue weighted by Gasteiger charge is -2.26. The highest BCUT2D eigenvalue weighted by Gasteiger charge is 2.27. The van der Waals surface area contributed by atoms with Crippen molar-refractivity contribution in [2.45, 2.75) is 4.90 Å². The summed E-state index contributed by atoms with van der Waals surface area (Å²) in [7, 11) is -2.21. The lowest BCUT2D eigenvalue weighted by molar-refractivity contribution is -0.111. The van der Waals surface area contributed by atoms with E-state index in [2.05, 4.69) is 21.2 Å². The molecule has 0 aliphatic carbocycles. The number of carbonyl (C=O) groups excluding carboxylic acids is 1. The van der Waals surface area contributed by atoms with Crippen LogP contribution in [0, 0.1) is 0 Å². The van der Waals surface area contributed by atoms with Gasteiger partial charge in [0.15, 0.2) is 0 Å². The van der Waals surface area contributed by atoms with Gasteiger partial charge in [-0.25, -0.2) is 8.42 Å². The highest BCUT2D eigenvalue weighted by Crippen LogP contribution is 2.29. The van der Waals surface area contributed by atoms with Crippen LogP contribution in [0.25, 0.3) is 6.08 Å². The van der Waals surface area contributed by atoms with E-state index in [1.54, 1.807) is 6.08 Å². The van der Waals surface area contributed by atoms with E-state index >= 15 is 0 Å². The molecule has 0 bridgehead atoms. The normalized spacial score (nSPS) is 15.6. The summed E-state index contributed by atoms with van der Waals surface area (Å²) in [5, 5.41) is 2.69. The van der Waals surface area contributed by atoms with Gasteiger partial charge < -0.3 is 14.8 Å². The van der Waals surface area contributed by atoms with Crippen molar-refractivity contribution in [3.8, 4) is 5.75 Å². The molecular formula is C18H19BrN2O5S2. The molecule has 10 heteroatoms. The number of methoxy groups -OCH3 is 1. The Bertz CT molecular complexity index is 982. The standard InChI is InChI=1S/C18H19BrN2O5S2/c1-25-16-5-4-14(28(23,24)21-8-10-26-11-9-21)12-15(16)20-18(22)7-3-13-2-6-17(19)27-13/h2-7,12H,8-11H2,1H3,(H,20,22)/b7-3+. The molecule has 1 saturated heterocycles. The maximum atomic E-state index is 12.8. The van der Waals surface area contributed by atoms with E-state index in [1.807, 2.05) is 12.1 Å². The van der Waals surface area contributed by atoms with Crippen molar-refractivity contribution in [1.82, 2.24) is 4.31 Å². The van der Waals surface area contributed by atoms with Crippen LogP contribution in [-0.4, -0.2) is 52.0 Å². The number of benzene rings is 1. The third-order valence-corrected chi connectivity index (χ3v) is 7.51. The average molecular weight is 487 g/mol. The number of rotatable bonds is 6. The van der Waals surface area contributed by atoms with E-state index in [0.29, 0.717) is 37.7 Å². The number of hydrogen-bond donors (Lipinski definition) is 1. The van der Waals surface area contributed by atoms with E-state index in [9.17, 15) is 13.2 Å². The van der Waals surface area contributed by atoms with Crippen molar-refractivity contribution >= 4 is 55.0 Å². The number of thiophene rings is 1. The maximum Gasteiger partial charge on any atom is 0.248 e. The lowest BCUT2D eigenvalue weighted by Crippen LogP contribution is -2.40. The fourth-order valence-corrected chi connectivity index (χ4v) is 5.39. The molecule has 150 valence electrons. The van der Waals surface area contributed by atoms with Gasteiger partial charge in [-0.3, -0.25) is 4.79 Å². The predicted molar refractivity (Wildman–Crippen MR) is 112 cm³/mol. The smallest absolute Gasteiger partial charge is 0.248 e. The second-order valence-corrected chi connectivity index (χ2v) is 10.3. The molecule has 1 N–H and O–H groups in total. The van der Waals surface area contributed by atoms with Gasteiger partial charge in [-0.2, -0.15) is 4.31 Å². The van der Waals surface area contributed by atoms with Crippen LogP contribution in [0.1, 0.15) is 4.88 Å². The topological polar surface area (TPSA) is 84.9 Å². The Morgan fingerprint density at radius 2 is 2.04 bits per heavy atom. The van der Waals surface area contributed by atoms with Crippen LogP contribution in [0.15, 0.2) is 45.1 Å². The average Bonchev–Trinajstić information content (AvgIpc) is 3.12. The van der Waals surface area contributed by atoms with E-state index in [0.717, 1.165) is 8.66 Å². The summed E-state index contributed by atoms with van der Waals surface area (Å²) in [5.41, 5.74) is 0.291. The maximum absolute atomic E-state index is 12.8. The Balaban J connectivity index is 1.80. The highest BCUT2D eigenvalue weighted by atomic mass is 79.9. The molecule has 1 aliphatic rings. The van der Waals surface area contributed by atoms with Crippen molar-refractivity contribution in [3.63, 3.8) is 0 Å². The second-order valence-electron chi connectivity index (χ2n) is 5.84. The Kier molecular flexibility index (Phi) is 6.89. The SMILES string of the molecule is COc1ccc(S(=O)(=O)N2CCOCC2)cc1NC(=O)/C=C/c1ccc(Br)s1. The number of ether oxygens (including phenoxy) is 2. The summed E-state index contributed by atoms with van der Waals surface area (Å²) >= 11 is 4.87. The Morgan fingerprint density at radius 3 is 2.68 bits per heavy atom. The van der Waals surface area contributed by atoms with Gasteiger partial charge in [0.25, 0.3) is 0 Å². The predicted octanol–water partition coefficient (Wildman–Crippen LogP) is 3.19. The molecule has 0 unspecified atom stereocenters. The van der Waals surface area contributed by atoms with Crippen LogP contribution in [0.5, 0.6) is 5.75 Å². The number of anilines is 1. The first kappa shape index (κ1) is 21.0. The van der Waals surface area contributed by atoms with Crippen LogP contribution in [0.4, 0.5) is 5.69 Å². The summed E-state index contributed by atoms with van der Waals surface area (Å²) in [6.07, 6.45) is 3.08. The first-order valence-corrected chi connectivity index (χ1v) is 11.5. The summed E-state index contributed by atoms with van der Waals surface area (Å²) in [6.45, 7) is 1.33. The molecule has 1 fully saturated rings. The molecule has 1 amide bonds. The second kappa shape index (κ2) is 9.19. The van der Waals surface area contributed by atoms with Crippen molar-refractivity contribution < 1.29 is 22.7 Å². The molecular weight excluding hydrogens is 468 g/mol. The van der Waals surface area contributed by atoms with Crippen LogP contribution in [-0.2, 0) is 19.6 Å². The molecule has 7 nitrogen and oxygen atoms in total. The minimum absolute atomic E-state index is 0.0941. The summed E-state index contributed by atoms with van der Waals surface area (Å²) in [4.78, 5) is 13.3. The van der Waals surface area contributed by atoms with E-state index in [4.69, 9.17) is 9.47 Å². The van der Waals surface area contributed by atoms with Crippen molar-refractivity contribution in [2.75, 3.05) is 38.7 Å². The number of hydrogen-bond acceptors (Lipinski definition) is 6. The first-order valence-electron chi connectivity index (χ1n) is 8.40. The number of morpholine rings is 1. The molecule has 2 aromatic rings. The molecule has 3 rings (SSSR count). The summed E-state index contributed by atoms with van der Waals surface area (Å²) in [6, 6.07) is 8.19. The Morgan fingerprint density at radius 1 is 1.29 bits per heavy atom. The Hall–Kier alpha value is -1.72. The zero-order chi connectivity index (χ0) is 20.1. The highest BCUT2D eigenvalue weighted by molar-refractivity contribution is 9.11. The molecule has 2 heterocycles. The van der Waals surface area contributed by atoms with Crippen molar-refractivity contribution in [1.29, 1.82) is 0 Å². The molecule has 1 aromatic heterocycles. The van der Waals surface area contributed by atoms with Crippen molar-refractivity contribution in [3.05, 3.63) is 45.1 Å². The molecule has 1 aliphatic heterocycles. The fraction of sp³-hybridized carbons (Fsp3) is 0.278. The number of sulfonamides is 1. The number of carbonyl (C=O) groups is 1. The van der Waals surface area contributed by atoms with E-state index in [1.165, 1.54) is 47.0 Å². The Labute approximate surface area is 176 Å². The van der Waals surface area contributed by atoms with Gasteiger partial charge in [-0.05, 0) is 52.3 Å². The number of halogens is 1. The quantitative estimate of drug-likeness (QED) is 0.633. The van der Waals surface area contributed by atoms with Gasteiger partial charge in [0.2, 0.25) is 15.9 Å². The first-order chi connectivity index (χ1) is 13.4. The lowest BCUT2D eigenvalue weighted by atomic mass is 10.3. The number of nitrogens with zero attached hydrogens (tertiary/aromatic N) is 1. The fourth-order valence-electron chi connectivity index (χ4n) is 2.63. The third-order valence-electron chi connectivity index (χ3n) is 4.03. The monoisotopic (exact) mass is 486 g/mol. The minimum Gasteiger partial charge on any atom is -0.495 e. The molecule has 1 aromatic carbocycles. The largest absolute Gasteiger partial charge is 0.495 e. The van der Waals surface area contributed by atoms with Gasteiger partial charge in [-0.15, -0.1) is 11.3 Å². The van der Waals surface area contributed by atoms with Crippen LogP contribution >= 0.6 is 27.3 Å². The van der Waals surface area contributed by atoms with E-state index in [-0.39, 0.29) is 10.8 Å². The van der Waals surface area contributed by atoms with Crippen LogP contribution in [0.2, 0.25) is 0 Å². The molecule has 0 radical (unpaired) electrons. The van der Waals surface area contributed by atoms with Gasteiger partial charge in [0.05, 0.1) is 34.7 Å². The molecule has 0 atom stereocenters. The van der Waals surface area contributed by atoms with Gasteiger partial charge in [-0.1, -0.05) is 0 Å². The van der Waals surface area contributed by atoms with Gasteiger partial charge >= 0.3 is 0 Å². The molecule has 0 spiro atoms. The van der Waals surface area contributed by atoms with Crippen LogP contribution in [0.3, 0.4) is 0 Å². The van der Waals surface area contributed by atoms with Gasteiger partial charge in [0.1, 0.15) is 5.75 Å². The zero-order valence-corrected chi connectivity index (χ0v) is 18.3. The van der Waals surface area contributed by atoms with Gasteiger partial charge in [0, 0.05) is 24.0 Å². The van der Waals surface area contributed by atoms with Crippen molar-refractivity contribution in [2.24, 2.45) is 0 Å². The minimum atomic E-state index is -3.67. The molecule has 0 saturated carbocycles. The number of amides is 1. The molecule has 28 heavy (non-hydrogen) atoms. The summed E-state index contributed by atoms with van der Waals surface area (Å²) in [5.74, 6) is -0.00899. The number of nitrogens with one attached hydrogen (secondary N) is 1. The summed E-state index contributed by atoms with van der Waals surface area (Å²) < 4.78 is 38.5. The third kappa shape index (κ3) is 5.00. The zero-order valence-electron chi connectivity index (χ0n) is 15.1. The van der Waals surface area contributed by atoms with E-state index < -0.39 is 10.0 Å².